The number of fused-ring (bicyclic) bond motifs is 1. The van der Waals surface area contributed by atoms with Crippen molar-refractivity contribution < 1.29 is 32.6 Å². The van der Waals surface area contributed by atoms with E-state index in [0.29, 0.717) is 29.0 Å². The number of carbonyl (C=O) groups excluding carboxylic acids is 1. The highest BCUT2D eigenvalue weighted by atomic mass is 32.2. The predicted octanol–water partition coefficient (Wildman–Crippen LogP) is 5.06. The van der Waals surface area contributed by atoms with E-state index in [-0.39, 0.29) is 24.3 Å². The molecule has 1 aliphatic heterocycles. The highest BCUT2D eigenvalue weighted by molar-refractivity contribution is 7.90. The molecule has 2 N–H and O–H groups in total. The van der Waals surface area contributed by atoms with Gasteiger partial charge in [0.2, 0.25) is 16.8 Å². The minimum absolute atomic E-state index is 0.0347. The summed E-state index contributed by atoms with van der Waals surface area (Å²) in [5.41, 5.74) is 3.33. The molecule has 1 heterocycles. The van der Waals surface area contributed by atoms with Crippen molar-refractivity contribution in [1.82, 2.24) is 4.72 Å². The highest BCUT2D eigenvalue weighted by Crippen LogP contribution is 2.37. The number of hydrogen-bond acceptors (Lipinski definition) is 6. The number of carboxylic acid groups (broad SMARTS) is 1. The molecular formula is C29H31NO7S. The molecule has 1 amide bonds. The summed E-state index contributed by atoms with van der Waals surface area (Å²) in [7, 11) is -4.23. The monoisotopic (exact) mass is 537 g/mol. The molecule has 200 valence electrons. The maximum Gasteiger partial charge on any atom is 0.335 e. The molecule has 0 saturated carbocycles. The topological polar surface area (TPSA) is 119 Å². The van der Waals surface area contributed by atoms with Crippen molar-refractivity contribution in [1.29, 1.82) is 0 Å². The number of carboxylic acids is 1. The number of sulfonamides is 1. The molecular weight excluding hydrogens is 506 g/mol. The molecule has 0 radical (unpaired) electrons. The SMILES string of the molecule is CCCc1ccc(C(=O)NS(=O)(=O)C(Cc2ccc(C(=O)O)cc2CCC)c2ccc3c(c2)OCO3)cc1. The summed E-state index contributed by atoms with van der Waals surface area (Å²) in [6, 6.07) is 16.5. The largest absolute Gasteiger partial charge is 0.478 e. The second-order valence-corrected chi connectivity index (χ2v) is 11.1. The number of aromatic carboxylic acids is 1. The van der Waals surface area contributed by atoms with Crippen molar-refractivity contribution in [3.05, 3.63) is 94.0 Å². The summed E-state index contributed by atoms with van der Waals surface area (Å²) < 4.78 is 40.6. The number of benzene rings is 3. The van der Waals surface area contributed by atoms with Crippen LogP contribution in [0.5, 0.6) is 11.5 Å². The molecule has 0 saturated heterocycles. The maximum absolute atomic E-state index is 13.7. The highest BCUT2D eigenvalue weighted by Gasteiger charge is 2.32. The average Bonchev–Trinajstić information content (AvgIpc) is 3.36. The Morgan fingerprint density at radius 1 is 0.868 bits per heavy atom. The van der Waals surface area contributed by atoms with Crippen LogP contribution in [-0.4, -0.2) is 32.2 Å². The molecule has 0 bridgehead atoms. The zero-order chi connectivity index (χ0) is 27.3. The fourth-order valence-electron chi connectivity index (χ4n) is 4.55. The second-order valence-electron chi connectivity index (χ2n) is 9.27. The minimum atomic E-state index is -4.23. The van der Waals surface area contributed by atoms with E-state index < -0.39 is 27.1 Å². The Morgan fingerprint density at radius 3 is 2.24 bits per heavy atom. The Morgan fingerprint density at radius 2 is 1.55 bits per heavy atom. The number of ether oxygens (including phenoxy) is 2. The Labute approximate surface area is 222 Å². The number of nitrogens with one attached hydrogen (secondary N) is 1. The van der Waals surface area contributed by atoms with Crippen LogP contribution >= 0.6 is 0 Å². The first-order valence-electron chi connectivity index (χ1n) is 12.6. The average molecular weight is 538 g/mol. The summed E-state index contributed by atoms with van der Waals surface area (Å²) >= 11 is 0. The molecule has 1 unspecified atom stereocenters. The van der Waals surface area contributed by atoms with Crippen LogP contribution in [-0.2, 0) is 29.3 Å². The zero-order valence-electron chi connectivity index (χ0n) is 21.4. The molecule has 8 nitrogen and oxygen atoms in total. The van der Waals surface area contributed by atoms with Crippen LogP contribution in [0, 0.1) is 0 Å². The second kappa shape index (κ2) is 11.7. The number of amides is 1. The van der Waals surface area contributed by atoms with E-state index in [2.05, 4.69) is 11.6 Å². The smallest absolute Gasteiger partial charge is 0.335 e. The van der Waals surface area contributed by atoms with Gasteiger partial charge in [-0.1, -0.05) is 51.0 Å². The fraction of sp³-hybridized carbons (Fsp3) is 0.310. The Bertz CT molecular complexity index is 1430. The molecule has 1 atom stereocenters. The Kier molecular flexibility index (Phi) is 8.36. The molecule has 3 aromatic rings. The number of rotatable bonds is 11. The third-order valence-corrected chi connectivity index (χ3v) is 8.17. The lowest BCUT2D eigenvalue weighted by molar-refractivity contribution is 0.0696. The van der Waals surface area contributed by atoms with Crippen molar-refractivity contribution in [2.75, 3.05) is 6.79 Å². The first kappa shape index (κ1) is 27.2. The van der Waals surface area contributed by atoms with Crippen molar-refractivity contribution >= 4 is 21.9 Å². The normalized spacial score (nSPS) is 13.2. The van der Waals surface area contributed by atoms with Crippen LogP contribution in [0.15, 0.2) is 60.7 Å². The third kappa shape index (κ3) is 6.16. The number of hydrogen-bond donors (Lipinski definition) is 2. The molecule has 0 spiro atoms. The van der Waals surface area contributed by atoms with E-state index in [1.54, 1.807) is 42.5 Å². The van der Waals surface area contributed by atoms with Crippen molar-refractivity contribution in [3.63, 3.8) is 0 Å². The van der Waals surface area contributed by atoms with E-state index in [4.69, 9.17) is 9.47 Å². The molecule has 38 heavy (non-hydrogen) atoms. The van der Waals surface area contributed by atoms with Gasteiger partial charge in [0, 0.05) is 5.56 Å². The Balaban J connectivity index is 1.69. The summed E-state index contributed by atoms with van der Waals surface area (Å²) in [6.45, 7) is 4.07. The van der Waals surface area contributed by atoms with Crippen LogP contribution < -0.4 is 14.2 Å². The van der Waals surface area contributed by atoms with Gasteiger partial charge in [-0.3, -0.25) is 4.79 Å². The van der Waals surface area contributed by atoms with Gasteiger partial charge in [-0.15, -0.1) is 0 Å². The molecule has 9 heteroatoms. The van der Waals surface area contributed by atoms with Gasteiger partial charge >= 0.3 is 5.97 Å². The van der Waals surface area contributed by atoms with Gasteiger partial charge in [0.1, 0.15) is 5.25 Å². The van der Waals surface area contributed by atoms with Gasteiger partial charge < -0.3 is 14.6 Å². The van der Waals surface area contributed by atoms with E-state index >= 15 is 0 Å². The van der Waals surface area contributed by atoms with Crippen molar-refractivity contribution in [2.24, 2.45) is 0 Å². The van der Waals surface area contributed by atoms with Gasteiger partial charge in [0.15, 0.2) is 11.5 Å². The lowest BCUT2D eigenvalue weighted by atomic mass is 9.95. The first-order chi connectivity index (χ1) is 18.2. The summed E-state index contributed by atoms with van der Waals surface area (Å²) in [6.07, 6.45) is 3.20. The van der Waals surface area contributed by atoms with Crippen LogP contribution in [0.2, 0.25) is 0 Å². The molecule has 1 aliphatic rings. The molecule has 0 aliphatic carbocycles. The lowest BCUT2D eigenvalue weighted by Crippen LogP contribution is -2.35. The van der Waals surface area contributed by atoms with Crippen molar-refractivity contribution in [2.45, 2.75) is 51.2 Å². The molecule has 0 fully saturated rings. The Hall–Kier alpha value is -3.85. The zero-order valence-corrected chi connectivity index (χ0v) is 22.2. The standard InChI is InChI=1S/C29H31NO7S/c1-3-5-19-7-9-20(10-8-19)28(31)30-38(34,35)27(23-13-14-25-26(16-23)37-18-36-25)17-22-11-12-24(29(32)33)15-21(22)6-4-2/h7-16,27H,3-6,17-18H2,1-2H3,(H,30,31)(H,32,33). The maximum atomic E-state index is 13.7. The number of carbonyl (C=O) groups is 2. The van der Waals surface area contributed by atoms with Crippen LogP contribution in [0.25, 0.3) is 0 Å². The van der Waals surface area contributed by atoms with E-state index in [1.807, 2.05) is 19.1 Å². The molecule has 0 aromatic heterocycles. The summed E-state index contributed by atoms with van der Waals surface area (Å²) in [5.74, 6) is -0.825. The molecule has 3 aromatic carbocycles. The fourth-order valence-corrected chi connectivity index (χ4v) is 5.97. The van der Waals surface area contributed by atoms with Gasteiger partial charge in [0.25, 0.3) is 5.91 Å². The lowest BCUT2D eigenvalue weighted by Gasteiger charge is -2.21. The summed E-state index contributed by atoms with van der Waals surface area (Å²) in [5, 5.41) is 8.29. The minimum Gasteiger partial charge on any atom is -0.478 e. The van der Waals surface area contributed by atoms with Crippen LogP contribution in [0.4, 0.5) is 0 Å². The summed E-state index contributed by atoms with van der Waals surface area (Å²) in [4.78, 5) is 24.5. The van der Waals surface area contributed by atoms with E-state index in [0.717, 1.165) is 30.4 Å². The van der Waals surface area contributed by atoms with Crippen LogP contribution in [0.3, 0.4) is 0 Å². The predicted molar refractivity (Wildman–Crippen MR) is 143 cm³/mol. The first-order valence-corrected chi connectivity index (χ1v) is 14.2. The van der Waals surface area contributed by atoms with E-state index in [1.165, 1.54) is 6.07 Å². The van der Waals surface area contributed by atoms with E-state index in [9.17, 15) is 23.1 Å². The molecule has 4 rings (SSSR count). The van der Waals surface area contributed by atoms with Crippen LogP contribution in [0.1, 0.15) is 74.9 Å². The van der Waals surface area contributed by atoms with Crippen molar-refractivity contribution in [3.8, 4) is 11.5 Å². The van der Waals surface area contributed by atoms with Gasteiger partial charge in [-0.2, -0.15) is 0 Å². The van der Waals surface area contributed by atoms with Gasteiger partial charge in [-0.05, 0) is 77.9 Å². The quantitative estimate of drug-likeness (QED) is 0.351. The number of aryl methyl sites for hydroxylation is 2. The van der Waals surface area contributed by atoms with Gasteiger partial charge in [0.05, 0.1) is 5.56 Å². The van der Waals surface area contributed by atoms with Gasteiger partial charge in [-0.25, -0.2) is 17.9 Å². The third-order valence-electron chi connectivity index (χ3n) is 6.51.